The standard InChI is InChI=1S/C17H12ClN3OS/c18-13-5-3-4-12(8-13)16-20-14(10-22-16)11-23-17-19-9-15-6-1-2-7-21(15)17/h1-10H,11H2. The van der Waals surface area contributed by atoms with Crippen LogP contribution in [0.1, 0.15) is 5.69 Å². The lowest BCUT2D eigenvalue weighted by Crippen LogP contribution is -1.88. The van der Waals surface area contributed by atoms with Crippen LogP contribution in [-0.4, -0.2) is 14.4 Å². The van der Waals surface area contributed by atoms with Gasteiger partial charge in [-0.2, -0.15) is 0 Å². The maximum atomic E-state index is 6.00. The second kappa shape index (κ2) is 6.10. The van der Waals surface area contributed by atoms with Crippen molar-refractivity contribution in [2.45, 2.75) is 10.9 Å². The van der Waals surface area contributed by atoms with Gasteiger partial charge >= 0.3 is 0 Å². The van der Waals surface area contributed by atoms with Crippen LogP contribution in [0.25, 0.3) is 17.0 Å². The minimum absolute atomic E-state index is 0.580. The Balaban J connectivity index is 1.52. The van der Waals surface area contributed by atoms with Gasteiger partial charge in [-0.1, -0.05) is 35.5 Å². The number of rotatable bonds is 4. The number of hydrogen-bond acceptors (Lipinski definition) is 4. The molecule has 114 valence electrons. The Bertz CT molecular complexity index is 963. The third kappa shape index (κ3) is 2.98. The van der Waals surface area contributed by atoms with Crippen molar-refractivity contribution in [2.24, 2.45) is 0 Å². The van der Waals surface area contributed by atoms with Gasteiger partial charge in [-0.25, -0.2) is 9.97 Å². The Hall–Kier alpha value is -2.24. The first-order chi connectivity index (χ1) is 11.3. The summed E-state index contributed by atoms with van der Waals surface area (Å²) in [6.07, 6.45) is 5.55. The molecule has 0 radical (unpaired) electrons. The monoisotopic (exact) mass is 341 g/mol. The quantitative estimate of drug-likeness (QED) is 0.493. The van der Waals surface area contributed by atoms with Crippen LogP contribution in [0.15, 0.2) is 70.7 Å². The zero-order chi connectivity index (χ0) is 15.6. The molecule has 4 nitrogen and oxygen atoms in total. The molecule has 0 unspecified atom stereocenters. The summed E-state index contributed by atoms with van der Waals surface area (Å²) in [7, 11) is 0. The third-order valence-corrected chi connectivity index (χ3v) is 4.61. The first-order valence-corrected chi connectivity index (χ1v) is 8.41. The fourth-order valence-corrected chi connectivity index (χ4v) is 3.32. The summed E-state index contributed by atoms with van der Waals surface area (Å²) >= 11 is 7.63. The molecule has 0 saturated heterocycles. The summed E-state index contributed by atoms with van der Waals surface area (Å²) in [4.78, 5) is 8.95. The lowest BCUT2D eigenvalue weighted by atomic mass is 10.2. The number of nitrogens with zero attached hydrogens (tertiary/aromatic N) is 3. The summed E-state index contributed by atoms with van der Waals surface area (Å²) in [6, 6.07) is 13.5. The van der Waals surface area contributed by atoms with Gasteiger partial charge in [0, 0.05) is 22.5 Å². The molecule has 23 heavy (non-hydrogen) atoms. The molecule has 3 aromatic heterocycles. The number of pyridine rings is 1. The van der Waals surface area contributed by atoms with Gasteiger partial charge in [0.25, 0.3) is 0 Å². The number of benzene rings is 1. The van der Waals surface area contributed by atoms with Crippen molar-refractivity contribution in [3.63, 3.8) is 0 Å². The number of oxazole rings is 1. The van der Waals surface area contributed by atoms with Crippen molar-refractivity contribution in [3.8, 4) is 11.5 Å². The second-order valence-corrected chi connectivity index (χ2v) is 6.36. The van der Waals surface area contributed by atoms with E-state index in [1.54, 1.807) is 18.0 Å². The number of imidazole rings is 1. The molecule has 6 heteroatoms. The zero-order valence-corrected chi connectivity index (χ0v) is 13.6. The Labute approximate surface area is 142 Å². The lowest BCUT2D eigenvalue weighted by Gasteiger charge is -1.98. The highest BCUT2D eigenvalue weighted by Crippen LogP contribution is 2.26. The summed E-state index contributed by atoms with van der Waals surface area (Å²) in [5.74, 6) is 1.27. The van der Waals surface area contributed by atoms with E-state index in [1.165, 1.54) is 0 Å². The van der Waals surface area contributed by atoms with Crippen LogP contribution >= 0.6 is 23.4 Å². The molecule has 0 N–H and O–H groups in total. The van der Waals surface area contributed by atoms with Crippen LogP contribution in [0.5, 0.6) is 0 Å². The van der Waals surface area contributed by atoms with Crippen molar-refractivity contribution < 1.29 is 4.42 Å². The number of fused-ring (bicyclic) bond motifs is 1. The van der Waals surface area contributed by atoms with Gasteiger partial charge in [-0.05, 0) is 30.3 Å². The van der Waals surface area contributed by atoms with E-state index in [0.717, 1.165) is 21.9 Å². The Morgan fingerprint density at radius 1 is 1.17 bits per heavy atom. The number of thioether (sulfide) groups is 1. The van der Waals surface area contributed by atoms with E-state index in [9.17, 15) is 0 Å². The SMILES string of the molecule is Clc1cccc(-c2nc(CSc3ncc4ccccn34)co2)c1. The van der Waals surface area contributed by atoms with E-state index in [1.807, 2.05) is 54.9 Å². The highest BCUT2D eigenvalue weighted by Gasteiger charge is 2.09. The second-order valence-electron chi connectivity index (χ2n) is 4.98. The van der Waals surface area contributed by atoms with Gasteiger partial charge in [0.15, 0.2) is 5.16 Å². The fraction of sp³-hybridized carbons (Fsp3) is 0.0588. The molecule has 0 spiro atoms. The minimum Gasteiger partial charge on any atom is -0.444 e. The number of halogens is 1. The van der Waals surface area contributed by atoms with Crippen LogP contribution in [0, 0.1) is 0 Å². The van der Waals surface area contributed by atoms with Crippen molar-refractivity contribution in [2.75, 3.05) is 0 Å². The van der Waals surface area contributed by atoms with E-state index in [-0.39, 0.29) is 0 Å². The minimum atomic E-state index is 0.580. The molecule has 4 aromatic rings. The topological polar surface area (TPSA) is 43.3 Å². The fourth-order valence-electron chi connectivity index (χ4n) is 2.29. The maximum Gasteiger partial charge on any atom is 0.226 e. The van der Waals surface area contributed by atoms with Crippen LogP contribution in [0.4, 0.5) is 0 Å². The summed E-state index contributed by atoms with van der Waals surface area (Å²) in [5.41, 5.74) is 2.83. The number of aromatic nitrogens is 3. The summed E-state index contributed by atoms with van der Waals surface area (Å²) < 4.78 is 7.61. The molecule has 4 rings (SSSR count). The molecule has 0 saturated carbocycles. The largest absolute Gasteiger partial charge is 0.444 e. The average Bonchev–Trinajstić information content (AvgIpc) is 3.20. The Morgan fingerprint density at radius 3 is 3.04 bits per heavy atom. The van der Waals surface area contributed by atoms with Crippen LogP contribution < -0.4 is 0 Å². The van der Waals surface area contributed by atoms with E-state index in [0.29, 0.717) is 16.7 Å². The van der Waals surface area contributed by atoms with Gasteiger partial charge in [-0.15, -0.1) is 0 Å². The first kappa shape index (κ1) is 14.4. The van der Waals surface area contributed by atoms with Crippen LogP contribution in [0.2, 0.25) is 5.02 Å². The summed E-state index contributed by atoms with van der Waals surface area (Å²) in [6.45, 7) is 0. The predicted molar refractivity (Wildman–Crippen MR) is 91.7 cm³/mol. The van der Waals surface area contributed by atoms with Crippen LogP contribution in [-0.2, 0) is 5.75 Å². The molecule has 3 heterocycles. The van der Waals surface area contributed by atoms with Gasteiger partial charge in [0.2, 0.25) is 5.89 Å². The molecular formula is C17H12ClN3OS. The van der Waals surface area contributed by atoms with Crippen LogP contribution in [0.3, 0.4) is 0 Å². The highest BCUT2D eigenvalue weighted by atomic mass is 35.5. The third-order valence-electron chi connectivity index (χ3n) is 3.38. The zero-order valence-electron chi connectivity index (χ0n) is 12.0. The molecule has 0 aliphatic heterocycles. The van der Waals surface area contributed by atoms with E-state index in [2.05, 4.69) is 14.4 Å². The Morgan fingerprint density at radius 2 is 2.13 bits per heavy atom. The highest BCUT2D eigenvalue weighted by molar-refractivity contribution is 7.98. The smallest absolute Gasteiger partial charge is 0.226 e. The molecule has 1 aromatic carbocycles. The van der Waals surface area contributed by atoms with E-state index >= 15 is 0 Å². The van der Waals surface area contributed by atoms with Crippen molar-refractivity contribution in [3.05, 3.63) is 71.8 Å². The van der Waals surface area contributed by atoms with Crippen molar-refractivity contribution >= 4 is 28.9 Å². The Kier molecular flexibility index (Phi) is 3.81. The predicted octanol–water partition coefficient (Wildman–Crippen LogP) is 4.94. The van der Waals surface area contributed by atoms with E-state index in [4.69, 9.17) is 16.0 Å². The molecule has 0 atom stereocenters. The van der Waals surface area contributed by atoms with Crippen molar-refractivity contribution in [1.82, 2.24) is 14.4 Å². The van der Waals surface area contributed by atoms with Crippen molar-refractivity contribution in [1.29, 1.82) is 0 Å². The molecule has 0 bridgehead atoms. The van der Waals surface area contributed by atoms with Gasteiger partial charge < -0.3 is 4.42 Å². The first-order valence-electron chi connectivity index (χ1n) is 7.05. The molecular weight excluding hydrogens is 330 g/mol. The molecule has 0 aliphatic carbocycles. The lowest BCUT2D eigenvalue weighted by molar-refractivity contribution is 0.573. The van der Waals surface area contributed by atoms with E-state index < -0.39 is 0 Å². The van der Waals surface area contributed by atoms with Gasteiger partial charge in [0.05, 0.1) is 17.4 Å². The maximum absolute atomic E-state index is 6.00. The molecule has 0 amide bonds. The normalized spacial score (nSPS) is 11.2. The molecule has 0 aliphatic rings. The van der Waals surface area contributed by atoms with Gasteiger partial charge in [0.1, 0.15) is 6.26 Å². The van der Waals surface area contributed by atoms with Gasteiger partial charge in [-0.3, -0.25) is 4.40 Å². The number of hydrogen-bond donors (Lipinski definition) is 0. The summed E-state index contributed by atoms with van der Waals surface area (Å²) in [5, 5.41) is 1.60. The average molecular weight is 342 g/mol. The molecule has 0 fully saturated rings.